The Morgan fingerprint density at radius 1 is 1.53 bits per heavy atom. The van der Waals surface area contributed by atoms with Crippen LogP contribution in [0.5, 0.6) is 0 Å². The number of terminal acetylenes is 1. The van der Waals surface area contributed by atoms with E-state index in [1.165, 1.54) is 12.8 Å². The van der Waals surface area contributed by atoms with E-state index in [0.717, 1.165) is 18.2 Å². The van der Waals surface area contributed by atoms with Gasteiger partial charge in [-0.25, -0.2) is 0 Å². The van der Waals surface area contributed by atoms with Gasteiger partial charge in [0.05, 0.1) is 16.4 Å². The molecule has 0 aromatic heterocycles. The van der Waals surface area contributed by atoms with Gasteiger partial charge in [-0.15, -0.1) is 6.42 Å². The number of rotatable bonds is 3. The Bertz CT molecular complexity index is 416. The molecule has 0 bridgehead atoms. The van der Waals surface area contributed by atoms with Crippen LogP contribution in [-0.4, -0.2) is 6.54 Å². The number of halogens is 1. The van der Waals surface area contributed by atoms with Gasteiger partial charge in [0.15, 0.2) is 0 Å². The van der Waals surface area contributed by atoms with Crippen LogP contribution >= 0.6 is 11.6 Å². The summed E-state index contributed by atoms with van der Waals surface area (Å²) in [5.41, 5.74) is 7.95. The molecule has 1 aliphatic carbocycles. The summed E-state index contributed by atoms with van der Waals surface area (Å²) >= 11 is 6.02. The van der Waals surface area contributed by atoms with Crippen molar-refractivity contribution in [3.63, 3.8) is 0 Å². The molecule has 3 heteroatoms. The van der Waals surface area contributed by atoms with Crippen LogP contribution in [0.3, 0.4) is 0 Å². The summed E-state index contributed by atoms with van der Waals surface area (Å²) in [7, 11) is 0. The molecule has 1 fully saturated rings. The summed E-state index contributed by atoms with van der Waals surface area (Å²) in [6.45, 7) is 0.968. The van der Waals surface area contributed by atoms with E-state index in [1.807, 2.05) is 12.1 Å². The molecule has 0 aliphatic heterocycles. The number of anilines is 2. The molecule has 0 saturated heterocycles. The lowest BCUT2D eigenvalue weighted by atomic mass is 10.1. The van der Waals surface area contributed by atoms with Gasteiger partial charge in [-0.3, -0.25) is 0 Å². The maximum Gasteiger partial charge on any atom is 0.0812 e. The van der Waals surface area contributed by atoms with Crippen molar-refractivity contribution in [2.45, 2.75) is 12.8 Å². The minimum absolute atomic E-state index is 0.471. The lowest BCUT2D eigenvalue weighted by Crippen LogP contribution is -2.06. The summed E-state index contributed by atoms with van der Waals surface area (Å²) in [4.78, 5) is 0. The van der Waals surface area contributed by atoms with Crippen molar-refractivity contribution < 1.29 is 0 Å². The second-order valence-electron chi connectivity index (χ2n) is 3.86. The SMILES string of the molecule is C#Cc1ccc(NCC2CC2)c(N)c1Cl. The summed E-state index contributed by atoms with van der Waals surface area (Å²) in [6.07, 6.45) is 7.91. The highest BCUT2D eigenvalue weighted by Crippen LogP contribution is 2.33. The van der Waals surface area contributed by atoms with Crippen molar-refractivity contribution in [3.05, 3.63) is 22.7 Å². The third kappa shape index (κ3) is 2.19. The summed E-state index contributed by atoms with van der Waals surface area (Å²) in [5, 5.41) is 3.76. The second-order valence-corrected chi connectivity index (χ2v) is 4.23. The molecule has 3 N–H and O–H groups in total. The van der Waals surface area contributed by atoms with Crippen LogP contribution in [-0.2, 0) is 0 Å². The molecule has 1 aromatic rings. The molecule has 0 amide bonds. The average molecular weight is 221 g/mol. The van der Waals surface area contributed by atoms with E-state index in [1.54, 1.807) is 0 Å². The summed E-state index contributed by atoms with van der Waals surface area (Å²) in [5.74, 6) is 3.30. The lowest BCUT2D eigenvalue weighted by molar-refractivity contribution is 0.890. The molecular weight excluding hydrogens is 208 g/mol. The minimum Gasteiger partial charge on any atom is -0.396 e. The third-order valence-corrected chi connectivity index (χ3v) is 3.02. The van der Waals surface area contributed by atoms with Gasteiger partial charge in [-0.1, -0.05) is 17.5 Å². The van der Waals surface area contributed by atoms with Crippen molar-refractivity contribution in [1.29, 1.82) is 0 Å². The minimum atomic E-state index is 0.471. The monoisotopic (exact) mass is 220 g/mol. The van der Waals surface area contributed by atoms with Crippen molar-refractivity contribution in [2.24, 2.45) is 5.92 Å². The first-order chi connectivity index (χ1) is 7.22. The van der Waals surface area contributed by atoms with E-state index >= 15 is 0 Å². The van der Waals surface area contributed by atoms with Crippen LogP contribution in [0.1, 0.15) is 18.4 Å². The van der Waals surface area contributed by atoms with Gasteiger partial charge in [0.2, 0.25) is 0 Å². The standard InChI is InChI=1S/C12H13ClN2/c1-2-9-5-6-10(12(14)11(9)13)15-7-8-3-4-8/h1,5-6,8,15H,3-4,7,14H2. The van der Waals surface area contributed by atoms with Gasteiger partial charge in [0, 0.05) is 12.1 Å². The quantitative estimate of drug-likeness (QED) is 0.607. The molecule has 1 saturated carbocycles. The van der Waals surface area contributed by atoms with E-state index < -0.39 is 0 Å². The maximum absolute atomic E-state index is 6.02. The van der Waals surface area contributed by atoms with Crippen LogP contribution < -0.4 is 11.1 Å². The number of nitrogens with one attached hydrogen (secondary N) is 1. The Kier molecular flexibility index (Phi) is 2.75. The van der Waals surface area contributed by atoms with E-state index in [-0.39, 0.29) is 0 Å². The number of hydrogen-bond donors (Lipinski definition) is 2. The first-order valence-electron chi connectivity index (χ1n) is 5.01. The molecule has 0 radical (unpaired) electrons. The molecule has 1 aliphatic rings. The normalized spacial score (nSPS) is 14.7. The fourth-order valence-corrected chi connectivity index (χ4v) is 1.65. The van der Waals surface area contributed by atoms with Crippen molar-refractivity contribution in [3.8, 4) is 12.3 Å². The van der Waals surface area contributed by atoms with Crippen LogP contribution in [0.4, 0.5) is 11.4 Å². The Hall–Kier alpha value is -1.33. The highest BCUT2D eigenvalue weighted by atomic mass is 35.5. The van der Waals surface area contributed by atoms with Gasteiger partial charge >= 0.3 is 0 Å². The predicted molar refractivity (Wildman–Crippen MR) is 65.0 cm³/mol. The van der Waals surface area contributed by atoms with Gasteiger partial charge in [-0.2, -0.15) is 0 Å². The summed E-state index contributed by atoms with van der Waals surface area (Å²) < 4.78 is 0. The molecule has 15 heavy (non-hydrogen) atoms. The Labute approximate surface area is 94.8 Å². The Morgan fingerprint density at radius 2 is 2.27 bits per heavy atom. The topological polar surface area (TPSA) is 38.0 Å². The molecule has 0 atom stereocenters. The molecule has 2 rings (SSSR count). The Balaban J connectivity index is 2.17. The van der Waals surface area contributed by atoms with Crippen molar-refractivity contribution in [2.75, 3.05) is 17.6 Å². The first kappa shape index (κ1) is 10.2. The lowest BCUT2D eigenvalue weighted by Gasteiger charge is -2.10. The van der Waals surface area contributed by atoms with Crippen LogP contribution in [0.2, 0.25) is 5.02 Å². The average Bonchev–Trinajstić information content (AvgIpc) is 3.04. The van der Waals surface area contributed by atoms with Crippen LogP contribution in [0.25, 0.3) is 0 Å². The van der Waals surface area contributed by atoms with Crippen LogP contribution in [0.15, 0.2) is 12.1 Å². The zero-order valence-corrected chi connectivity index (χ0v) is 9.14. The third-order valence-electron chi connectivity index (χ3n) is 2.61. The smallest absolute Gasteiger partial charge is 0.0812 e. The fraction of sp³-hybridized carbons (Fsp3) is 0.333. The van der Waals surface area contributed by atoms with Crippen LogP contribution in [0, 0.1) is 18.3 Å². The van der Waals surface area contributed by atoms with E-state index in [2.05, 4.69) is 11.2 Å². The Morgan fingerprint density at radius 3 is 2.87 bits per heavy atom. The molecular formula is C12H13ClN2. The highest BCUT2D eigenvalue weighted by molar-refractivity contribution is 6.34. The van der Waals surface area contributed by atoms with Gasteiger partial charge < -0.3 is 11.1 Å². The van der Waals surface area contributed by atoms with Crippen molar-refractivity contribution in [1.82, 2.24) is 0 Å². The number of nitrogens with two attached hydrogens (primary N) is 1. The van der Waals surface area contributed by atoms with Crippen molar-refractivity contribution >= 4 is 23.0 Å². The number of benzene rings is 1. The van der Waals surface area contributed by atoms with Gasteiger partial charge in [0.1, 0.15) is 0 Å². The summed E-state index contributed by atoms with van der Waals surface area (Å²) in [6, 6.07) is 3.70. The molecule has 0 heterocycles. The zero-order valence-electron chi connectivity index (χ0n) is 8.39. The molecule has 1 aromatic carbocycles. The number of nitrogen functional groups attached to an aromatic ring is 1. The van der Waals surface area contributed by atoms with Gasteiger partial charge in [-0.05, 0) is 30.9 Å². The molecule has 2 nitrogen and oxygen atoms in total. The van der Waals surface area contributed by atoms with E-state index in [4.69, 9.17) is 23.8 Å². The zero-order chi connectivity index (χ0) is 10.8. The largest absolute Gasteiger partial charge is 0.396 e. The van der Waals surface area contributed by atoms with E-state index in [0.29, 0.717) is 16.3 Å². The highest BCUT2D eigenvalue weighted by Gasteiger charge is 2.21. The molecule has 0 unspecified atom stereocenters. The predicted octanol–water partition coefficient (Wildman–Crippen LogP) is 2.73. The molecule has 78 valence electrons. The maximum atomic E-state index is 6.02. The first-order valence-corrected chi connectivity index (χ1v) is 5.38. The second kappa shape index (κ2) is 4.04. The van der Waals surface area contributed by atoms with E-state index in [9.17, 15) is 0 Å². The van der Waals surface area contributed by atoms with Gasteiger partial charge in [0.25, 0.3) is 0 Å². The molecule has 0 spiro atoms. The fourth-order valence-electron chi connectivity index (χ4n) is 1.43. The number of hydrogen-bond acceptors (Lipinski definition) is 2.